The van der Waals surface area contributed by atoms with Crippen LogP contribution in [0.1, 0.15) is 36.2 Å². The van der Waals surface area contributed by atoms with E-state index in [9.17, 15) is 32.9 Å². The van der Waals surface area contributed by atoms with Crippen LogP contribution in [0, 0.1) is 10.1 Å². The highest BCUT2D eigenvalue weighted by Gasteiger charge is 2.35. The van der Waals surface area contributed by atoms with Gasteiger partial charge in [-0.2, -0.15) is 13.2 Å². The van der Waals surface area contributed by atoms with Gasteiger partial charge in [0.15, 0.2) is 5.78 Å². The average Bonchev–Trinajstić information content (AvgIpc) is 2.53. The summed E-state index contributed by atoms with van der Waals surface area (Å²) in [4.78, 5) is 34.1. The van der Waals surface area contributed by atoms with E-state index in [-0.39, 0.29) is 19.1 Å². The fraction of sp³-hybridized carbons (Fsp3) is 0.333. The van der Waals surface area contributed by atoms with Crippen molar-refractivity contribution in [1.29, 1.82) is 0 Å². The summed E-state index contributed by atoms with van der Waals surface area (Å²) in [5, 5.41) is 11.0. The van der Waals surface area contributed by atoms with Crippen molar-refractivity contribution in [2.75, 3.05) is 6.61 Å². The summed E-state index contributed by atoms with van der Waals surface area (Å²) in [6.45, 7) is 3.20. The fourth-order valence-corrected chi connectivity index (χ4v) is 1.80. The summed E-state index contributed by atoms with van der Waals surface area (Å²) in [7, 11) is 0. The molecule has 0 aliphatic carbocycles. The third-order valence-electron chi connectivity index (χ3n) is 3.00. The average molecular weight is 345 g/mol. The third-order valence-corrected chi connectivity index (χ3v) is 3.00. The summed E-state index contributed by atoms with van der Waals surface area (Å²) in [6, 6.07) is 1.50. The minimum Gasteiger partial charge on any atom is -0.501 e. The number of carbonyl (C=O) groups excluding carboxylic acids is 2. The Morgan fingerprint density at radius 1 is 1.29 bits per heavy atom. The summed E-state index contributed by atoms with van der Waals surface area (Å²) in [6.07, 6.45) is -4.00. The van der Waals surface area contributed by atoms with Crippen LogP contribution in [0.25, 0.3) is 0 Å². The van der Waals surface area contributed by atoms with E-state index in [2.05, 4.69) is 0 Å². The number of nitrogens with zero attached hydrogens (tertiary/aromatic N) is 1. The largest absolute Gasteiger partial charge is 0.501 e. The number of ketones is 2. The molecule has 0 saturated heterocycles. The maximum Gasteiger partial charge on any atom is 0.416 e. The molecule has 0 bridgehead atoms. The van der Waals surface area contributed by atoms with Gasteiger partial charge in [-0.3, -0.25) is 19.7 Å². The van der Waals surface area contributed by atoms with Gasteiger partial charge in [-0.25, -0.2) is 0 Å². The number of nitro groups is 1. The molecule has 6 nitrogen and oxygen atoms in total. The van der Waals surface area contributed by atoms with Gasteiger partial charge >= 0.3 is 6.18 Å². The lowest BCUT2D eigenvalue weighted by molar-refractivity contribution is -0.385. The number of nitro benzene ring substituents is 1. The molecule has 130 valence electrons. The monoisotopic (exact) mass is 345 g/mol. The number of alkyl halides is 3. The zero-order valence-corrected chi connectivity index (χ0v) is 12.8. The van der Waals surface area contributed by atoms with E-state index in [0.29, 0.717) is 12.1 Å². The van der Waals surface area contributed by atoms with Gasteiger partial charge < -0.3 is 4.74 Å². The van der Waals surface area contributed by atoms with Crippen molar-refractivity contribution in [3.8, 4) is 0 Å². The standard InChI is InChI=1S/C15H14F3NO5/c1-3-13(20)11(8-24-4-2)14(21)10-6-5-9(15(16,17)18)7-12(10)19(22)23/h5-8H,3-4H2,1-2H3/b11-8-. The van der Waals surface area contributed by atoms with Crippen LogP contribution in [0.5, 0.6) is 0 Å². The first-order valence-electron chi connectivity index (χ1n) is 6.88. The van der Waals surface area contributed by atoms with Gasteiger partial charge in [0.1, 0.15) is 11.1 Å². The Kier molecular flexibility index (Phi) is 6.21. The van der Waals surface area contributed by atoms with E-state index >= 15 is 0 Å². The normalized spacial score (nSPS) is 12.0. The van der Waals surface area contributed by atoms with Crippen LogP contribution in [-0.2, 0) is 15.7 Å². The van der Waals surface area contributed by atoms with Crippen molar-refractivity contribution < 1.29 is 32.4 Å². The minimum absolute atomic E-state index is 0.0704. The number of ether oxygens (including phenoxy) is 1. The van der Waals surface area contributed by atoms with Crippen molar-refractivity contribution in [2.45, 2.75) is 26.4 Å². The molecular formula is C15H14F3NO5. The molecule has 0 N–H and O–H groups in total. The van der Waals surface area contributed by atoms with Gasteiger partial charge in [0.05, 0.1) is 23.4 Å². The third kappa shape index (κ3) is 4.40. The lowest BCUT2D eigenvalue weighted by atomic mass is 9.97. The van der Waals surface area contributed by atoms with Crippen LogP contribution in [0.3, 0.4) is 0 Å². The molecule has 0 unspecified atom stereocenters. The number of halogens is 3. The number of Topliss-reactive ketones (excluding diaryl/α,β-unsaturated/α-hetero) is 2. The topological polar surface area (TPSA) is 86.5 Å². The predicted molar refractivity (Wildman–Crippen MR) is 77.4 cm³/mol. The molecule has 0 amide bonds. The van der Waals surface area contributed by atoms with Gasteiger partial charge in [-0.05, 0) is 19.1 Å². The molecule has 24 heavy (non-hydrogen) atoms. The SMILES string of the molecule is CCO/C=C(/C(=O)CC)C(=O)c1ccc(C(F)(F)F)cc1[N+](=O)[O-]. The molecule has 0 radical (unpaired) electrons. The molecule has 0 aromatic heterocycles. The number of hydrogen-bond donors (Lipinski definition) is 0. The molecule has 0 atom stereocenters. The van der Waals surface area contributed by atoms with Crippen LogP contribution in [0.15, 0.2) is 30.0 Å². The van der Waals surface area contributed by atoms with E-state index in [1.807, 2.05) is 0 Å². The van der Waals surface area contributed by atoms with Crippen molar-refractivity contribution >= 4 is 17.3 Å². The molecule has 0 spiro atoms. The van der Waals surface area contributed by atoms with Gasteiger partial charge in [0.2, 0.25) is 5.78 Å². The number of hydrogen-bond acceptors (Lipinski definition) is 5. The second-order valence-corrected chi connectivity index (χ2v) is 4.58. The van der Waals surface area contributed by atoms with Gasteiger partial charge in [0, 0.05) is 12.5 Å². The summed E-state index contributed by atoms with van der Waals surface area (Å²) < 4.78 is 42.9. The van der Waals surface area contributed by atoms with Crippen molar-refractivity contribution in [1.82, 2.24) is 0 Å². The summed E-state index contributed by atoms with van der Waals surface area (Å²) >= 11 is 0. The van der Waals surface area contributed by atoms with Gasteiger partial charge in [0.25, 0.3) is 5.69 Å². The first-order valence-corrected chi connectivity index (χ1v) is 6.88. The molecule has 0 fully saturated rings. The van der Waals surface area contributed by atoms with E-state index in [1.165, 1.54) is 6.92 Å². The van der Waals surface area contributed by atoms with Gasteiger partial charge in [-0.1, -0.05) is 6.92 Å². The first kappa shape index (κ1) is 19.3. The number of allylic oxidation sites excluding steroid dienone is 1. The number of rotatable bonds is 7. The molecule has 1 aromatic carbocycles. The van der Waals surface area contributed by atoms with E-state index in [4.69, 9.17) is 4.74 Å². The zero-order chi connectivity index (χ0) is 18.5. The predicted octanol–water partition coefficient (Wildman–Crippen LogP) is 3.70. The van der Waals surface area contributed by atoms with Crippen LogP contribution in [0.2, 0.25) is 0 Å². The van der Waals surface area contributed by atoms with Crippen molar-refractivity contribution in [3.05, 3.63) is 51.3 Å². The Labute approximate surface area is 135 Å². The van der Waals surface area contributed by atoms with Crippen LogP contribution >= 0.6 is 0 Å². The Bertz CT molecular complexity index is 695. The Balaban J connectivity index is 3.45. The lowest BCUT2D eigenvalue weighted by Gasteiger charge is -2.09. The summed E-state index contributed by atoms with van der Waals surface area (Å²) in [5.41, 5.74) is -3.35. The highest BCUT2D eigenvalue weighted by molar-refractivity contribution is 6.27. The Hall–Kier alpha value is -2.71. The molecule has 1 rings (SSSR count). The number of benzene rings is 1. The highest BCUT2D eigenvalue weighted by Crippen LogP contribution is 2.33. The second kappa shape index (κ2) is 7.71. The van der Waals surface area contributed by atoms with Crippen LogP contribution in [-0.4, -0.2) is 23.1 Å². The molecule has 0 heterocycles. The molecule has 0 aliphatic rings. The minimum atomic E-state index is -4.80. The van der Waals surface area contributed by atoms with Crippen LogP contribution in [0.4, 0.5) is 18.9 Å². The molecule has 1 aromatic rings. The zero-order valence-electron chi connectivity index (χ0n) is 12.8. The van der Waals surface area contributed by atoms with Crippen molar-refractivity contribution in [3.63, 3.8) is 0 Å². The Morgan fingerprint density at radius 3 is 2.38 bits per heavy atom. The first-order chi connectivity index (χ1) is 11.1. The lowest BCUT2D eigenvalue weighted by Crippen LogP contribution is -2.16. The summed E-state index contributed by atoms with van der Waals surface area (Å²) in [5.74, 6) is -1.70. The second-order valence-electron chi connectivity index (χ2n) is 4.58. The van der Waals surface area contributed by atoms with E-state index in [1.54, 1.807) is 6.92 Å². The Morgan fingerprint density at radius 2 is 1.92 bits per heavy atom. The van der Waals surface area contributed by atoms with E-state index < -0.39 is 45.1 Å². The van der Waals surface area contributed by atoms with Crippen molar-refractivity contribution in [2.24, 2.45) is 0 Å². The molecule has 0 saturated carbocycles. The van der Waals surface area contributed by atoms with Gasteiger partial charge in [-0.15, -0.1) is 0 Å². The smallest absolute Gasteiger partial charge is 0.416 e. The molecular weight excluding hydrogens is 331 g/mol. The molecule has 0 aliphatic heterocycles. The maximum absolute atomic E-state index is 12.7. The molecule has 9 heteroatoms. The quantitative estimate of drug-likeness (QED) is 0.143. The van der Waals surface area contributed by atoms with Crippen LogP contribution < -0.4 is 0 Å². The highest BCUT2D eigenvalue weighted by atomic mass is 19.4. The fourth-order valence-electron chi connectivity index (χ4n) is 1.80. The number of carbonyl (C=O) groups is 2. The maximum atomic E-state index is 12.7. The van der Waals surface area contributed by atoms with E-state index in [0.717, 1.165) is 6.26 Å².